The van der Waals surface area contributed by atoms with Gasteiger partial charge in [0, 0.05) is 6.20 Å². The van der Waals surface area contributed by atoms with Crippen molar-refractivity contribution in [1.82, 2.24) is 15.1 Å². The molecule has 0 bridgehead atoms. The number of para-hydroxylation sites is 1. The highest BCUT2D eigenvalue weighted by Crippen LogP contribution is 2.10. The summed E-state index contributed by atoms with van der Waals surface area (Å²) in [5, 5.41) is 6.89. The van der Waals surface area contributed by atoms with Gasteiger partial charge in [-0.15, -0.1) is 0 Å². The van der Waals surface area contributed by atoms with Crippen LogP contribution in [0.2, 0.25) is 0 Å². The molecule has 0 aliphatic rings. The zero-order valence-corrected chi connectivity index (χ0v) is 13.5. The Morgan fingerprint density at radius 1 is 1.26 bits per heavy atom. The van der Waals surface area contributed by atoms with Gasteiger partial charge in [-0.3, -0.25) is 4.79 Å². The van der Waals surface area contributed by atoms with Crippen LogP contribution in [0.3, 0.4) is 0 Å². The van der Waals surface area contributed by atoms with Crippen LogP contribution in [0.25, 0.3) is 5.69 Å². The van der Waals surface area contributed by atoms with E-state index in [2.05, 4.69) is 10.4 Å². The second-order valence-corrected chi connectivity index (χ2v) is 5.69. The molecule has 122 valence electrons. The second-order valence-electron chi connectivity index (χ2n) is 5.69. The fraction of sp³-hybridized carbons (Fsp3) is 0.353. The third-order valence-electron chi connectivity index (χ3n) is 3.36. The minimum atomic E-state index is -0.660. The average Bonchev–Trinajstić information content (AvgIpc) is 3.04. The van der Waals surface area contributed by atoms with Gasteiger partial charge >= 0.3 is 5.97 Å². The molecule has 0 aliphatic carbocycles. The van der Waals surface area contributed by atoms with Gasteiger partial charge in [0.15, 0.2) is 0 Å². The molecular formula is C17H21N3O3. The molecule has 0 radical (unpaired) electrons. The van der Waals surface area contributed by atoms with Crippen LogP contribution in [-0.2, 0) is 9.53 Å². The smallest absolute Gasteiger partial charge is 0.328 e. The number of carbonyl (C=O) groups is 2. The molecule has 1 N–H and O–H groups in total. The number of methoxy groups -OCH3 is 1. The summed E-state index contributed by atoms with van der Waals surface area (Å²) < 4.78 is 6.37. The standard InChI is InChI=1S/C17H21N3O3/c1-12(2)9-15(17(22)23-3)19-16(21)13-10-18-20(11-13)14-7-5-4-6-8-14/h4-8,10-12,15H,9H2,1-3H3,(H,19,21). The first-order chi connectivity index (χ1) is 11.0. The molecule has 1 aromatic heterocycles. The van der Waals surface area contributed by atoms with E-state index in [0.29, 0.717) is 12.0 Å². The Bertz CT molecular complexity index is 665. The Kier molecular flexibility index (Phi) is 5.51. The molecule has 2 aromatic rings. The molecule has 1 atom stereocenters. The van der Waals surface area contributed by atoms with E-state index in [4.69, 9.17) is 4.74 Å². The van der Waals surface area contributed by atoms with Crippen molar-refractivity contribution < 1.29 is 14.3 Å². The lowest BCUT2D eigenvalue weighted by Crippen LogP contribution is -2.42. The molecule has 6 nitrogen and oxygen atoms in total. The minimum Gasteiger partial charge on any atom is -0.467 e. The number of benzene rings is 1. The van der Waals surface area contributed by atoms with Crippen LogP contribution in [0.15, 0.2) is 42.7 Å². The summed E-state index contributed by atoms with van der Waals surface area (Å²) >= 11 is 0. The van der Waals surface area contributed by atoms with Crippen molar-refractivity contribution in [3.05, 3.63) is 48.3 Å². The molecule has 1 amide bonds. The third kappa shape index (κ3) is 4.42. The van der Waals surface area contributed by atoms with Crippen LogP contribution in [-0.4, -0.2) is 34.8 Å². The summed E-state index contributed by atoms with van der Waals surface area (Å²) in [6.45, 7) is 3.96. The monoisotopic (exact) mass is 315 g/mol. The molecule has 0 fully saturated rings. The first-order valence-electron chi connectivity index (χ1n) is 7.50. The second kappa shape index (κ2) is 7.58. The highest BCUT2D eigenvalue weighted by atomic mass is 16.5. The van der Waals surface area contributed by atoms with Gasteiger partial charge in [-0.25, -0.2) is 9.48 Å². The topological polar surface area (TPSA) is 73.2 Å². The number of hydrogen-bond donors (Lipinski definition) is 1. The van der Waals surface area contributed by atoms with E-state index in [0.717, 1.165) is 5.69 Å². The quantitative estimate of drug-likeness (QED) is 0.829. The van der Waals surface area contributed by atoms with Crippen LogP contribution in [0.5, 0.6) is 0 Å². The fourth-order valence-electron chi connectivity index (χ4n) is 2.23. The van der Waals surface area contributed by atoms with Gasteiger partial charge in [0.1, 0.15) is 6.04 Å². The normalized spacial score (nSPS) is 12.0. The predicted octanol–water partition coefficient (Wildman–Crippen LogP) is 2.19. The van der Waals surface area contributed by atoms with E-state index in [9.17, 15) is 9.59 Å². The third-order valence-corrected chi connectivity index (χ3v) is 3.36. The Hall–Kier alpha value is -2.63. The molecule has 23 heavy (non-hydrogen) atoms. The molecule has 1 unspecified atom stereocenters. The predicted molar refractivity (Wildman–Crippen MR) is 86.3 cm³/mol. The van der Waals surface area contributed by atoms with Gasteiger partial charge < -0.3 is 10.1 Å². The number of hydrogen-bond acceptors (Lipinski definition) is 4. The Balaban J connectivity index is 2.11. The number of amides is 1. The van der Waals surface area contributed by atoms with Gasteiger partial charge in [0.2, 0.25) is 0 Å². The molecular weight excluding hydrogens is 294 g/mol. The minimum absolute atomic E-state index is 0.256. The lowest BCUT2D eigenvalue weighted by atomic mass is 10.0. The summed E-state index contributed by atoms with van der Waals surface area (Å²) in [5.74, 6) is -0.530. The number of aromatic nitrogens is 2. The fourth-order valence-corrected chi connectivity index (χ4v) is 2.23. The number of carbonyl (C=O) groups excluding carboxylic acids is 2. The maximum Gasteiger partial charge on any atom is 0.328 e. The zero-order chi connectivity index (χ0) is 16.8. The van der Waals surface area contributed by atoms with Gasteiger partial charge in [0.25, 0.3) is 5.91 Å². The van der Waals surface area contributed by atoms with Crippen molar-refractivity contribution >= 4 is 11.9 Å². The number of ether oxygens (including phenoxy) is 1. The van der Waals surface area contributed by atoms with Gasteiger partial charge in [-0.05, 0) is 24.5 Å². The van der Waals surface area contributed by atoms with Crippen molar-refractivity contribution in [3.63, 3.8) is 0 Å². The molecule has 0 saturated carbocycles. The van der Waals surface area contributed by atoms with E-state index in [1.54, 1.807) is 10.9 Å². The molecule has 6 heteroatoms. The van der Waals surface area contributed by atoms with Crippen molar-refractivity contribution in [2.75, 3.05) is 7.11 Å². The summed E-state index contributed by atoms with van der Waals surface area (Å²) in [4.78, 5) is 24.1. The Morgan fingerprint density at radius 2 is 1.96 bits per heavy atom. The van der Waals surface area contributed by atoms with Crippen LogP contribution >= 0.6 is 0 Å². The number of nitrogens with one attached hydrogen (secondary N) is 1. The van der Waals surface area contributed by atoms with E-state index in [1.807, 2.05) is 44.2 Å². The number of esters is 1. The Morgan fingerprint density at radius 3 is 2.57 bits per heavy atom. The van der Waals surface area contributed by atoms with Gasteiger partial charge in [-0.2, -0.15) is 5.10 Å². The summed E-state index contributed by atoms with van der Waals surface area (Å²) in [5.41, 5.74) is 1.25. The van der Waals surface area contributed by atoms with Crippen LogP contribution in [0.4, 0.5) is 0 Å². The van der Waals surface area contributed by atoms with Gasteiger partial charge in [-0.1, -0.05) is 32.0 Å². The van der Waals surface area contributed by atoms with Crippen molar-refractivity contribution in [3.8, 4) is 5.69 Å². The number of nitrogens with zero attached hydrogens (tertiary/aromatic N) is 2. The van der Waals surface area contributed by atoms with Crippen LogP contribution in [0.1, 0.15) is 30.6 Å². The molecule has 0 aliphatic heterocycles. The van der Waals surface area contributed by atoms with Crippen LogP contribution in [0, 0.1) is 5.92 Å². The summed E-state index contributed by atoms with van der Waals surface area (Å²) in [6.07, 6.45) is 3.63. The van der Waals surface area contributed by atoms with E-state index in [1.165, 1.54) is 13.3 Å². The van der Waals surface area contributed by atoms with Crippen molar-refractivity contribution in [2.24, 2.45) is 5.92 Å². The Labute approximate surface area is 135 Å². The zero-order valence-electron chi connectivity index (χ0n) is 13.5. The molecule has 1 aromatic carbocycles. The largest absolute Gasteiger partial charge is 0.467 e. The van der Waals surface area contributed by atoms with Gasteiger partial charge in [0.05, 0.1) is 24.6 Å². The molecule has 1 heterocycles. The lowest BCUT2D eigenvalue weighted by molar-refractivity contribution is -0.143. The van der Waals surface area contributed by atoms with Crippen molar-refractivity contribution in [1.29, 1.82) is 0 Å². The maximum absolute atomic E-state index is 12.3. The highest BCUT2D eigenvalue weighted by molar-refractivity contribution is 5.96. The van der Waals surface area contributed by atoms with E-state index in [-0.39, 0.29) is 11.8 Å². The average molecular weight is 315 g/mol. The lowest BCUT2D eigenvalue weighted by Gasteiger charge is -2.17. The van der Waals surface area contributed by atoms with Crippen molar-refractivity contribution in [2.45, 2.75) is 26.3 Å². The highest BCUT2D eigenvalue weighted by Gasteiger charge is 2.23. The van der Waals surface area contributed by atoms with E-state index >= 15 is 0 Å². The molecule has 0 spiro atoms. The van der Waals surface area contributed by atoms with Crippen LogP contribution < -0.4 is 5.32 Å². The summed E-state index contributed by atoms with van der Waals surface area (Å²) in [7, 11) is 1.31. The number of rotatable bonds is 6. The van der Waals surface area contributed by atoms with E-state index < -0.39 is 12.0 Å². The first-order valence-corrected chi connectivity index (χ1v) is 7.50. The molecule has 0 saturated heterocycles. The summed E-state index contributed by atoms with van der Waals surface area (Å²) in [6, 6.07) is 8.83. The molecule has 2 rings (SSSR count). The first kappa shape index (κ1) is 16.7. The maximum atomic E-state index is 12.3. The SMILES string of the molecule is COC(=O)C(CC(C)C)NC(=O)c1cnn(-c2ccccc2)c1.